The van der Waals surface area contributed by atoms with Crippen LogP contribution in [0.2, 0.25) is 0 Å². The highest BCUT2D eigenvalue weighted by atomic mass is 32.1. The van der Waals surface area contributed by atoms with Crippen LogP contribution in [0.15, 0.2) is 54.7 Å². The van der Waals surface area contributed by atoms with E-state index in [2.05, 4.69) is 48.2 Å². The van der Waals surface area contributed by atoms with Crippen molar-refractivity contribution in [2.75, 3.05) is 33.9 Å². The number of hydrogen-bond donors (Lipinski definition) is 3. The Morgan fingerprint density at radius 1 is 1.06 bits per heavy atom. The number of aromatic hydroxyl groups is 1. The lowest BCUT2D eigenvalue weighted by atomic mass is 9.84. The topological polar surface area (TPSA) is 174 Å². The smallest absolute Gasteiger partial charge is 0.324 e. The zero-order chi connectivity index (χ0) is 49.6. The van der Waals surface area contributed by atoms with E-state index in [0.717, 1.165) is 58.1 Å². The van der Waals surface area contributed by atoms with Crippen molar-refractivity contribution >= 4 is 52.2 Å². The van der Waals surface area contributed by atoms with E-state index < -0.39 is 47.1 Å². The van der Waals surface area contributed by atoms with Crippen LogP contribution in [0.4, 0.5) is 0 Å². The second-order valence-electron chi connectivity index (χ2n) is 21.2. The number of methoxy groups -OCH3 is 1. The summed E-state index contributed by atoms with van der Waals surface area (Å²) in [6.07, 6.45) is 5.61. The number of phenols is 1. The highest BCUT2D eigenvalue weighted by Gasteiger charge is 2.63. The Bertz CT molecular complexity index is 2660. The molecule has 1 saturated carbocycles. The second kappa shape index (κ2) is 20.1. The van der Waals surface area contributed by atoms with Crippen molar-refractivity contribution < 1.29 is 43.2 Å². The average Bonchev–Trinajstić information content (AvgIpc) is 3.77. The van der Waals surface area contributed by atoms with Crippen LogP contribution in [0.3, 0.4) is 0 Å². The minimum atomic E-state index is -1.13. The fraction of sp³-hybridized carbons (Fsp3) is 0.556. The zero-order valence-electron chi connectivity index (χ0n) is 41.5. The quantitative estimate of drug-likeness (QED) is 0.104. The number of carbonyl (C=O) groups is 4. The number of esters is 1. The van der Waals surface area contributed by atoms with E-state index in [1.807, 2.05) is 38.1 Å². The third kappa shape index (κ3) is 9.61. The number of rotatable bonds is 11. The summed E-state index contributed by atoms with van der Waals surface area (Å²) >= 11 is 5.43. The van der Waals surface area contributed by atoms with Crippen molar-refractivity contribution in [2.45, 2.75) is 141 Å². The van der Waals surface area contributed by atoms with Gasteiger partial charge in [-0.3, -0.25) is 29.2 Å². The molecule has 8 atom stereocenters. The number of likely N-dealkylation sites (N-methyl/N-ethyl adjacent to an activating group) is 1. The first-order valence-electron chi connectivity index (χ1n) is 25.1. The summed E-state index contributed by atoms with van der Waals surface area (Å²) in [5.41, 5.74) is 8.48. The highest BCUT2D eigenvalue weighted by molar-refractivity contribution is 7.79. The van der Waals surface area contributed by atoms with Crippen LogP contribution in [-0.2, 0) is 57.5 Å². The predicted molar refractivity (Wildman–Crippen MR) is 269 cm³/mol. The lowest BCUT2D eigenvalue weighted by molar-refractivity contribution is -0.156. The summed E-state index contributed by atoms with van der Waals surface area (Å²) in [4.78, 5) is 63.9. The molecule has 2 aromatic carbocycles. The SMILES string of the molecule is CCn1c(-c2cccnc2[C@H](C=S)OC)c2c3cc(ccc31)-c1cc(O)cc(c1)C[C@@]1(CC1NC(=O)[C@H](C(C)C)N(C)C(=O)C1CCC(C3CCCO3)O1)C(=O)N1CCC[C@H](N1)C(=O)OCC(C)(C)C2. The number of cyclic esters (lactones) is 1. The van der Waals surface area contributed by atoms with Gasteiger partial charge in [-0.05, 0) is 129 Å². The van der Waals surface area contributed by atoms with Crippen molar-refractivity contribution in [2.24, 2.45) is 16.7 Å². The van der Waals surface area contributed by atoms with Gasteiger partial charge in [0.05, 0.1) is 35.6 Å². The van der Waals surface area contributed by atoms with Gasteiger partial charge in [-0.1, -0.05) is 52.0 Å². The molecule has 6 heterocycles. The number of nitrogens with one attached hydrogen (secondary N) is 2. The summed E-state index contributed by atoms with van der Waals surface area (Å²) in [5.74, 6) is -1.53. The monoisotopic (exact) mass is 976 g/mol. The molecule has 16 heteroatoms. The van der Waals surface area contributed by atoms with Crippen LogP contribution in [-0.4, -0.2) is 124 Å². The molecule has 3 N–H and O–H groups in total. The van der Waals surface area contributed by atoms with E-state index in [-0.39, 0.29) is 54.6 Å². The van der Waals surface area contributed by atoms with Gasteiger partial charge in [-0.25, -0.2) is 5.43 Å². The molecule has 2 aromatic heterocycles. The maximum Gasteiger partial charge on any atom is 0.324 e. The van der Waals surface area contributed by atoms with Gasteiger partial charge in [0, 0.05) is 73.3 Å². The Balaban J connectivity index is 1.08. The number of aromatic nitrogens is 2. The number of carbonyl (C=O) groups excluding carboxylic acids is 4. The molecule has 3 amide bonds. The molecule has 4 fully saturated rings. The first kappa shape index (κ1) is 49.7. The molecule has 70 heavy (non-hydrogen) atoms. The molecule has 0 radical (unpaired) electrons. The number of thiocarbonyl (C=S) groups is 1. The standard InChI is InChI=1S/C54H68N6O9S/c1-8-59-40-16-15-33-25-37(40)38(48(59)36-12-9-19-55-46(36)44(29-70)66-7)27-53(4,5)30-68-51(64)39-13-10-20-60(57-39)52(65)54(26-32-22-34(33)24-35(61)23-32)28-45(54)56-49(62)47(31(2)3)58(6)50(63)43-18-17-42(69-43)41-14-11-21-67-41/h9,12,15-16,19,22-25,29,31,39,41-45,47,57,61H,8,10-11,13-14,17-18,20-21,26-28,30H2,1-7H3,(H,56,62)/t39-,41?,42?,43?,44-,45?,47-,54-/m0/s1. The van der Waals surface area contributed by atoms with Gasteiger partial charge < -0.3 is 38.8 Å². The fourth-order valence-electron chi connectivity index (χ4n) is 11.6. The molecule has 5 aliphatic rings. The summed E-state index contributed by atoms with van der Waals surface area (Å²) in [5, 5.41) is 18.8. The maximum atomic E-state index is 15.1. The normalized spacial score (nSPS) is 26.5. The van der Waals surface area contributed by atoms with E-state index >= 15 is 4.79 Å². The largest absolute Gasteiger partial charge is 0.508 e. The molecule has 4 aliphatic heterocycles. The van der Waals surface area contributed by atoms with Crippen LogP contribution in [0.5, 0.6) is 5.75 Å². The van der Waals surface area contributed by atoms with Crippen LogP contribution < -0.4 is 10.7 Å². The van der Waals surface area contributed by atoms with Crippen molar-refractivity contribution in [3.05, 3.63) is 71.5 Å². The molecular weight excluding hydrogens is 909 g/mol. The van der Waals surface area contributed by atoms with Gasteiger partial charge in [0.25, 0.3) is 5.91 Å². The minimum Gasteiger partial charge on any atom is -0.508 e. The number of nitrogens with zero attached hydrogens (tertiary/aromatic N) is 4. The van der Waals surface area contributed by atoms with Gasteiger partial charge in [-0.15, -0.1) is 0 Å². The number of pyridine rings is 1. The lowest BCUT2D eigenvalue weighted by Crippen LogP contribution is -2.58. The summed E-state index contributed by atoms with van der Waals surface area (Å²) < 4.78 is 26.4. The van der Waals surface area contributed by atoms with E-state index in [0.29, 0.717) is 63.1 Å². The number of hydrogen-bond acceptors (Lipinski definition) is 12. The number of ether oxygens (including phenoxy) is 4. The minimum absolute atomic E-state index is 0.0137. The number of amides is 3. The Kier molecular flexibility index (Phi) is 14.3. The summed E-state index contributed by atoms with van der Waals surface area (Å²) in [6.45, 7) is 11.9. The molecule has 15 nitrogen and oxygen atoms in total. The third-order valence-corrected chi connectivity index (χ3v) is 15.5. The van der Waals surface area contributed by atoms with Gasteiger partial charge >= 0.3 is 5.97 Å². The average molecular weight is 977 g/mol. The second-order valence-corrected chi connectivity index (χ2v) is 21.4. The van der Waals surface area contributed by atoms with E-state index in [4.69, 9.17) is 36.1 Å². The molecule has 3 saturated heterocycles. The van der Waals surface area contributed by atoms with Gasteiger partial charge in [0.1, 0.15) is 30.0 Å². The maximum absolute atomic E-state index is 15.1. The Morgan fingerprint density at radius 2 is 1.87 bits per heavy atom. The van der Waals surface area contributed by atoms with E-state index in [1.54, 1.807) is 37.9 Å². The van der Waals surface area contributed by atoms with Gasteiger partial charge in [-0.2, -0.15) is 0 Å². The summed E-state index contributed by atoms with van der Waals surface area (Å²) in [6, 6.07) is 13.5. The number of fused-ring (bicyclic) bond motifs is 6. The predicted octanol–water partition coefficient (Wildman–Crippen LogP) is 7.03. The Hall–Kier alpha value is -5.26. The fourth-order valence-corrected chi connectivity index (χ4v) is 11.9. The van der Waals surface area contributed by atoms with Crippen LogP contribution >= 0.6 is 12.2 Å². The number of hydrazine groups is 1. The van der Waals surface area contributed by atoms with Crippen LogP contribution in [0.1, 0.15) is 102 Å². The Morgan fingerprint density at radius 3 is 2.60 bits per heavy atom. The van der Waals surface area contributed by atoms with Gasteiger partial charge in [0.2, 0.25) is 11.8 Å². The van der Waals surface area contributed by atoms with Crippen molar-refractivity contribution in [3.63, 3.8) is 0 Å². The molecule has 4 aromatic rings. The van der Waals surface area contributed by atoms with E-state index in [9.17, 15) is 19.5 Å². The van der Waals surface area contributed by atoms with Crippen molar-refractivity contribution in [3.8, 4) is 28.1 Å². The molecule has 9 rings (SSSR count). The van der Waals surface area contributed by atoms with Crippen molar-refractivity contribution in [1.29, 1.82) is 0 Å². The van der Waals surface area contributed by atoms with Crippen LogP contribution in [0, 0.1) is 16.7 Å². The molecular formula is C54H68N6O9S. The lowest BCUT2D eigenvalue weighted by Gasteiger charge is -2.36. The van der Waals surface area contributed by atoms with E-state index in [1.165, 1.54) is 9.91 Å². The highest BCUT2D eigenvalue weighted by Crippen LogP contribution is 2.51. The number of benzene rings is 2. The van der Waals surface area contributed by atoms with Crippen molar-refractivity contribution in [1.82, 2.24) is 30.2 Å². The first-order chi connectivity index (χ1) is 33.6. The first-order valence-corrected chi connectivity index (χ1v) is 25.5. The molecule has 1 spiro atoms. The molecule has 374 valence electrons. The van der Waals surface area contributed by atoms with Crippen LogP contribution in [0.25, 0.3) is 33.3 Å². The molecule has 6 bridgehead atoms. The molecule has 1 aliphatic carbocycles. The van der Waals surface area contributed by atoms with Gasteiger partial charge in [0.15, 0.2) is 0 Å². The Labute approximate surface area is 415 Å². The summed E-state index contributed by atoms with van der Waals surface area (Å²) in [7, 11) is 3.27. The number of aryl methyl sites for hydroxylation is 1. The zero-order valence-corrected chi connectivity index (χ0v) is 42.3. The third-order valence-electron chi connectivity index (χ3n) is 15.2. The number of phenolic OH excluding ortho intramolecular Hbond substituents is 1. The molecule has 4 unspecified atom stereocenters.